The number of rotatable bonds is 3. The van der Waals surface area contributed by atoms with Crippen molar-refractivity contribution in [1.29, 1.82) is 0 Å². The molecule has 0 bridgehead atoms. The van der Waals surface area contributed by atoms with Crippen molar-refractivity contribution in [2.45, 2.75) is 24.8 Å². The summed E-state index contributed by atoms with van der Waals surface area (Å²) in [4.78, 5) is 4.17. The fraction of sp³-hybridized carbons (Fsp3) is 0.385. The van der Waals surface area contributed by atoms with Crippen LogP contribution in [0.2, 0.25) is 0 Å². The Morgan fingerprint density at radius 3 is 2.85 bits per heavy atom. The number of nitrogens with zero attached hydrogens (tertiary/aromatic N) is 2. The third kappa shape index (κ3) is 2.88. The smallest absolute Gasteiger partial charge is 0.244 e. The molecule has 1 N–H and O–H groups in total. The predicted molar refractivity (Wildman–Crippen MR) is 72.6 cm³/mol. The summed E-state index contributed by atoms with van der Waals surface area (Å²) in [6.07, 6.45) is 1.91. The zero-order valence-corrected chi connectivity index (χ0v) is 11.9. The van der Waals surface area contributed by atoms with E-state index in [1.165, 1.54) is 11.1 Å². The van der Waals surface area contributed by atoms with Crippen molar-refractivity contribution in [3.8, 4) is 0 Å². The summed E-state index contributed by atoms with van der Waals surface area (Å²) in [7, 11) is -3.15. The molecule has 0 unspecified atom stereocenters. The monoisotopic (exact) mass is 293 g/mol. The second kappa shape index (κ2) is 4.99. The zero-order valence-electron chi connectivity index (χ0n) is 11.0. The molecule has 106 valence electrons. The van der Waals surface area contributed by atoms with Gasteiger partial charge in [-0.1, -0.05) is 29.4 Å². The summed E-state index contributed by atoms with van der Waals surface area (Å²) in [6.45, 7) is 0.741. The molecule has 0 amide bonds. The summed E-state index contributed by atoms with van der Waals surface area (Å²) < 4.78 is 27.6. The average Bonchev–Trinajstić information content (AvgIpc) is 2.84. The Balaban J connectivity index is 1.78. The van der Waals surface area contributed by atoms with Crippen LogP contribution in [0.3, 0.4) is 0 Å². The second-order valence-corrected chi connectivity index (χ2v) is 7.17. The first kappa shape index (κ1) is 13.3. The molecule has 0 spiro atoms. The predicted octanol–water partition coefficient (Wildman–Crippen LogP) is 1.00. The van der Waals surface area contributed by atoms with Crippen molar-refractivity contribution in [3.63, 3.8) is 0 Å². The molecular formula is C13H15N3O3S. The Kier molecular flexibility index (Phi) is 3.31. The molecule has 1 aromatic heterocycles. The van der Waals surface area contributed by atoms with E-state index in [0.717, 1.165) is 19.2 Å². The van der Waals surface area contributed by atoms with E-state index in [2.05, 4.69) is 27.6 Å². The maximum absolute atomic E-state index is 11.2. The Morgan fingerprint density at radius 1 is 1.35 bits per heavy atom. The molecule has 7 heteroatoms. The van der Waals surface area contributed by atoms with Crippen LogP contribution in [0.5, 0.6) is 0 Å². The van der Waals surface area contributed by atoms with Gasteiger partial charge in [0.05, 0.1) is 6.04 Å². The number of hydrogen-bond donors (Lipinski definition) is 1. The molecule has 0 aliphatic carbocycles. The van der Waals surface area contributed by atoms with Gasteiger partial charge in [-0.05, 0) is 17.5 Å². The van der Waals surface area contributed by atoms with E-state index in [1.807, 2.05) is 12.1 Å². The van der Waals surface area contributed by atoms with Gasteiger partial charge in [-0.25, -0.2) is 8.42 Å². The van der Waals surface area contributed by atoms with Gasteiger partial charge < -0.3 is 9.84 Å². The Morgan fingerprint density at radius 2 is 2.10 bits per heavy atom. The number of benzene rings is 1. The number of sulfone groups is 1. The van der Waals surface area contributed by atoms with Gasteiger partial charge in [0.1, 0.15) is 5.75 Å². The minimum absolute atomic E-state index is 0.0642. The number of fused-ring (bicyclic) bond motifs is 1. The van der Waals surface area contributed by atoms with E-state index in [9.17, 15) is 8.42 Å². The van der Waals surface area contributed by atoms with E-state index >= 15 is 0 Å². The fourth-order valence-corrected chi connectivity index (χ4v) is 2.92. The second-order valence-electron chi connectivity index (χ2n) is 5.03. The lowest BCUT2D eigenvalue weighted by Crippen LogP contribution is -2.28. The van der Waals surface area contributed by atoms with Gasteiger partial charge in [0.25, 0.3) is 0 Å². The lowest BCUT2D eigenvalue weighted by molar-refractivity contribution is 0.319. The van der Waals surface area contributed by atoms with Crippen LogP contribution in [0.25, 0.3) is 0 Å². The van der Waals surface area contributed by atoms with Crippen LogP contribution in [0.15, 0.2) is 28.8 Å². The number of hydrogen-bond acceptors (Lipinski definition) is 6. The first-order valence-corrected chi connectivity index (χ1v) is 8.38. The van der Waals surface area contributed by atoms with E-state index in [0.29, 0.717) is 5.89 Å². The maximum atomic E-state index is 11.2. The van der Waals surface area contributed by atoms with Crippen molar-refractivity contribution in [1.82, 2.24) is 15.5 Å². The maximum Gasteiger partial charge on any atom is 0.244 e. The van der Waals surface area contributed by atoms with Crippen LogP contribution in [-0.4, -0.2) is 24.8 Å². The lowest BCUT2D eigenvalue weighted by atomic mass is 9.96. The molecule has 1 aromatic carbocycles. The van der Waals surface area contributed by atoms with Crippen LogP contribution in [0.4, 0.5) is 0 Å². The molecule has 2 heterocycles. The van der Waals surface area contributed by atoms with Crippen molar-refractivity contribution in [3.05, 3.63) is 47.1 Å². The minimum Gasteiger partial charge on any atom is -0.338 e. The normalized spacial score (nSPS) is 18.8. The van der Waals surface area contributed by atoms with E-state index in [1.54, 1.807) is 0 Å². The van der Waals surface area contributed by atoms with Crippen LogP contribution >= 0.6 is 0 Å². The van der Waals surface area contributed by atoms with Gasteiger partial charge in [0.15, 0.2) is 15.7 Å². The Labute approximate surface area is 117 Å². The van der Waals surface area contributed by atoms with Crippen LogP contribution in [0.1, 0.15) is 28.9 Å². The first-order chi connectivity index (χ1) is 9.51. The van der Waals surface area contributed by atoms with Gasteiger partial charge >= 0.3 is 0 Å². The summed E-state index contributed by atoms with van der Waals surface area (Å²) in [5.41, 5.74) is 2.51. The standard InChI is InChI=1S/C13H15N3O3S/c1-20(17,18)8-12-15-13(19-16-12)11-6-9-4-2-3-5-10(9)7-14-11/h2-5,11,14H,6-8H2,1H3/t11-/m0/s1. The molecule has 0 radical (unpaired) electrons. The van der Waals surface area contributed by atoms with Crippen molar-refractivity contribution < 1.29 is 12.9 Å². The summed E-state index contributed by atoms with van der Waals surface area (Å²) in [5, 5.41) is 7.05. The minimum atomic E-state index is -3.15. The van der Waals surface area contributed by atoms with Crippen molar-refractivity contribution in [2.75, 3.05) is 6.26 Å². The molecule has 0 saturated carbocycles. The third-order valence-corrected chi connectivity index (χ3v) is 4.04. The quantitative estimate of drug-likeness (QED) is 0.908. The fourth-order valence-electron chi connectivity index (χ4n) is 2.33. The van der Waals surface area contributed by atoms with E-state index in [4.69, 9.17) is 4.52 Å². The van der Waals surface area contributed by atoms with Crippen molar-refractivity contribution >= 4 is 9.84 Å². The topological polar surface area (TPSA) is 85.1 Å². The molecule has 1 aliphatic heterocycles. The Hall–Kier alpha value is -1.73. The number of aromatic nitrogens is 2. The summed E-state index contributed by atoms with van der Waals surface area (Å²) in [6, 6.07) is 8.12. The van der Waals surface area contributed by atoms with Gasteiger partial charge in [0, 0.05) is 12.8 Å². The van der Waals surface area contributed by atoms with E-state index in [-0.39, 0.29) is 17.6 Å². The highest BCUT2D eigenvalue weighted by molar-refractivity contribution is 7.89. The molecule has 1 aliphatic rings. The highest BCUT2D eigenvalue weighted by atomic mass is 32.2. The summed E-state index contributed by atoms with van der Waals surface area (Å²) in [5.74, 6) is 0.459. The zero-order chi connectivity index (χ0) is 14.2. The average molecular weight is 293 g/mol. The number of nitrogens with one attached hydrogen (secondary N) is 1. The van der Waals surface area contributed by atoms with Crippen LogP contribution in [0, 0.1) is 0 Å². The largest absolute Gasteiger partial charge is 0.338 e. The third-order valence-electron chi connectivity index (χ3n) is 3.25. The molecule has 0 fully saturated rings. The molecule has 2 aromatic rings. The Bertz CT molecular complexity index is 724. The van der Waals surface area contributed by atoms with Crippen LogP contribution < -0.4 is 5.32 Å². The molecule has 20 heavy (non-hydrogen) atoms. The SMILES string of the molecule is CS(=O)(=O)Cc1noc([C@@H]2Cc3ccccc3CN2)n1. The molecule has 6 nitrogen and oxygen atoms in total. The molecule has 0 saturated heterocycles. The van der Waals surface area contributed by atoms with Crippen molar-refractivity contribution in [2.24, 2.45) is 0 Å². The van der Waals surface area contributed by atoms with Gasteiger partial charge in [-0.15, -0.1) is 0 Å². The highest BCUT2D eigenvalue weighted by Crippen LogP contribution is 2.24. The molecule has 3 rings (SSSR count). The molecule has 1 atom stereocenters. The van der Waals surface area contributed by atoms with Gasteiger partial charge in [0.2, 0.25) is 5.89 Å². The van der Waals surface area contributed by atoms with E-state index < -0.39 is 9.84 Å². The van der Waals surface area contributed by atoms with Crippen LogP contribution in [-0.2, 0) is 28.6 Å². The first-order valence-electron chi connectivity index (χ1n) is 6.31. The lowest BCUT2D eigenvalue weighted by Gasteiger charge is -2.23. The summed E-state index contributed by atoms with van der Waals surface area (Å²) >= 11 is 0. The highest BCUT2D eigenvalue weighted by Gasteiger charge is 2.24. The molecular weight excluding hydrogens is 278 g/mol. The van der Waals surface area contributed by atoms with Gasteiger partial charge in [-0.2, -0.15) is 4.98 Å². The van der Waals surface area contributed by atoms with Gasteiger partial charge in [-0.3, -0.25) is 0 Å².